The fraction of sp³-hybridized carbons (Fsp3) is 0.351. The fourth-order valence-corrected chi connectivity index (χ4v) is 6.04. The number of aliphatic hydroxyl groups is 1. The Balaban J connectivity index is 1.37. The Labute approximate surface area is 235 Å². The van der Waals surface area contributed by atoms with Crippen LogP contribution in [0.3, 0.4) is 0 Å². The van der Waals surface area contributed by atoms with Crippen molar-refractivity contribution in [3.8, 4) is 0 Å². The molecule has 2 aliphatic carbocycles. The fourth-order valence-electron chi connectivity index (χ4n) is 6.04. The van der Waals surface area contributed by atoms with E-state index in [9.17, 15) is 5.11 Å². The topological polar surface area (TPSA) is 23.5 Å². The van der Waals surface area contributed by atoms with Gasteiger partial charge in [0.15, 0.2) is 0 Å². The summed E-state index contributed by atoms with van der Waals surface area (Å²) in [6, 6.07) is 8.74. The van der Waals surface area contributed by atoms with Crippen LogP contribution in [0.2, 0.25) is 0 Å². The maximum atomic E-state index is 11.1. The molecule has 1 aromatic carbocycles. The predicted molar refractivity (Wildman–Crippen MR) is 166 cm³/mol. The van der Waals surface area contributed by atoms with Crippen molar-refractivity contribution in [2.45, 2.75) is 71.6 Å². The molecule has 202 valence electrons. The largest absolute Gasteiger partial charge is 0.507 e. The SMILES string of the molecule is CCC1=CCC=C(/C(O)=C/C(=C\C/C=C/C2=CC3=C4C(=CC2)CCCN4CCC3)c2ccc(CC)cc2)C=C1. The predicted octanol–water partition coefficient (Wildman–Crippen LogP) is 9.64. The van der Waals surface area contributed by atoms with Crippen LogP contribution in [0.4, 0.5) is 0 Å². The molecule has 2 heteroatoms. The summed E-state index contributed by atoms with van der Waals surface area (Å²) < 4.78 is 0. The summed E-state index contributed by atoms with van der Waals surface area (Å²) in [7, 11) is 0. The number of benzene rings is 1. The van der Waals surface area contributed by atoms with Gasteiger partial charge in [0.05, 0.1) is 0 Å². The monoisotopic (exact) mass is 517 g/mol. The molecule has 4 aliphatic rings. The highest BCUT2D eigenvalue weighted by Crippen LogP contribution is 2.37. The number of piperidine rings is 1. The van der Waals surface area contributed by atoms with Crippen LogP contribution in [0.5, 0.6) is 0 Å². The van der Waals surface area contributed by atoms with Gasteiger partial charge in [0, 0.05) is 24.4 Å². The molecule has 0 saturated carbocycles. The summed E-state index contributed by atoms with van der Waals surface area (Å²) in [5.74, 6) is 0.322. The van der Waals surface area contributed by atoms with E-state index in [0.29, 0.717) is 5.76 Å². The molecular formula is C37H43NO. The number of rotatable bonds is 8. The van der Waals surface area contributed by atoms with Crippen molar-refractivity contribution >= 4 is 5.57 Å². The molecule has 1 N–H and O–H groups in total. The van der Waals surface area contributed by atoms with E-state index in [0.717, 1.165) is 48.8 Å². The molecular weight excluding hydrogens is 474 g/mol. The molecule has 1 fully saturated rings. The van der Waals surface area contributed by atoms with E-state index in [4.69, 9.17) is 0 Å². The van der Waals surface area contributed by atoms with Crippen molar-refractivity contribution in [3.63, 3.8) is 0 Å². The quantitative estimate of drug-likeness (QED) is 0.274. The van der Waals surface area contributed by atoms with E-state index in [-0.39, 0.29) is 0 Å². The third-order valence-electron chi connectivity index (χ3n) is 8.31. The van der Waals surface area contributed by atoms with E-state index in [1.165, 1.54) is 66.8 Å². The van der Waals surface area contributed by atoms with Crippen LogP contribution >= 0.6 is 0 Å². The molecule has 0 unspecified atom stereocenters. The van der Waals surface area contributed by atoms with Gasteiger partial charge >= 0.3 is 0 Å². The van der Waals surface area contributed by atoms with Gasteiger partial charge in [-0.15, -0.1) is 0 Å². The summed E-state index contributed by atoms with van der Waals surface area (Å²) in [6.45, 7) is 6.78. The minimum Gasteiger partial charge on any atom is -0.507 e. The summed E-state index contributed by atoms with van der Waals surface area (Å²) in [6.07, 6.45) is 31.9. The first-order valence-corrected chi connectivity index (χ1v) is 15.0. The van der Waals surface area contributed by atoms with Crippen LogP contribution in [-0.4, -0.2) is 23.1 Å². The normalized spacial score (nSPS) is 20.2. The molecule has 0 radical (unpaired) electrons. The summed E-state index contributed by atoms with van der Waals surface area (Å²) in [5.41, 5.74) is 11.7. The lowest BCUT2D eigenvalue weighted by Crippen LogP contribution is -2.33. The Morgan fingerprint density at radius 1 is 0.949 bits per heavy atom. The molecule has 2 heterocycles. The molecule has 5 rings (SSSR count). The Kier molecular flexibility index (Phi) is 9.04. The highest BCUT2D eigenvalue weighted by Gasteiger charge is 2.26. The number of nitrogens with zero attached hydrogens (tertiary/aromatic N) is 1. The number of hydrogen-bond acceptors (Lipinski definition) is 2. The van der Waals surface area contributed by atoms with Crippen molar-refractivity contribution in [2.75, 3.05) is 13.1 Å². The zero-order chi connectivity index (χ0) is 27.0. The number of aliphatic hydroxyl groups excluding tert-OH is 1. The zero-order valence-corrected chi connectivity index (χ0v) is 23.8. The highest BCUT2D eigenvalue weighted by molar-refractivity contribution is 5.75. The van der Waals surface area contributed by atoms with Crippen LogP contribution in [-0.2, 0) is 6.42 Å². The van der Waals surface area contributed by atoms with E-state index in [1.54, 1.807) is 5.57 Å². The van der Waals surface area contributed by atoms with E-state index in [2.05, 4.69) is 91.6 Å². The second-order valence-corrected chi connectivity index (χ2v) is 11.0. The maximum absolute atomic E-state index is 11.1. The first kappa shape index (κ1) is 27.1. The number of allylic oxidation sites excluding steroid dienone is 15. The van der Waals surface area contributed by atoms with E-state index >= 15 is 0 Å². The summed E-state index contributed by atoms with van der Waals surface area (Å²) in [4.78, 5) is 2.62. The van der Waals surface area contributed by atoms with Crippen molar-refractivity contribution < 1.29 is 5.11 Å². The van der Waals surface area contributed by atoms with Crippen LogP contribution in [0.25, 0.3) is 5.57 Å². The van der Waals surface area contributed by atoms with Gasteiger partial charge in [0.1, 0.15) is 5.76 Å². The van der Waals surface area contributed by atoms with Crippen LogP contribution in [0.1, 0.15) is 76.3 Å². The minimum absolute atomic E-state index is 0.322. The molecule has 1 saturated heterocycles. The van der Waals surface area contributed by atoms with Gasteiger partial charge in [0.2, 0.25) is 0 Å². The zero-order valence-electron chi connectivity index (χ0n) is 23.8. The van der Waals surface area contributed by atoms with Gasteiger partial charge in [0.25, 0.3) is 0 Å². The Bertz CT molecular complexity index is 1330. The van der Waals surface area contributed by atoms with Crippen molar-refractivity contribution in [1.82, 2.24) is 4.90 Å². The minimum atomic E-state index is 0.322. The smallest absolute Gasteiger partial charge is 0.123 e. The number of hydrogen-bond donors (Lipinski definition) is 1. The second kappa shape index (κ2) is 13.0. The number of aryl methyl sites for hydroxylation is 1. The molecule has 0 aromatic heterocycles. The van der Waals surface area contributed by atoms with Gasteiger partial charge in [-0.05, 0) is 97.3 Å². The molecule has 0 atom stereocenters. The standard InChI is InChI=1S/C37H43NO/c1-3-28-11-7-13-32(22-18-28)36(39)27-34(31-20-16-29(4-2)17-21-31)12-6-5-10-30-19-23-33-14-8-24-38-25-9-15-35(26-30)37(33)38/h5,10-13,16-18,20-23,26-27,39H,3-4,6-9,14-15,19,24-25H2,1-2H3/b10-5+,34-12+,36-27-. The van der Waals surface area contributed by atoms with E-state index < -0.39 is 0 Å². The molecule has 2 nitrogen and oxygen atoms in total. The molecule has 0 amide bonds. The molecule has 39 heavy (non-hydrogen) atoms. The van der Waals surface area contributed by atoms with Crippen LogP contribution in [0, 0.1) is 0 Å². The van der Waals surface area contributed by atoms with E-state index in [1.807, 2.05) is 12.2 Å². The van der Waals surface area contributed by atoms with Gasteiger partial charge in [-0.2, -0.15) is 0 Å². The van der Waals surface area contributed by atoms with Crippen LogP contribution in [0.15, 0.2) is 124 Å². The summed E-state index contributed by atoms with van der Waals surface area (Å²) >= 11 is 0. The van der Waals surface area contributed by atoms with Gasteiger partial charge in [-0.3, -0.25) is 0 Å². The third-order valence-corrected chi connectivity index (χ3v) is 8.31. The third kappa shape index (κ3) is 6.74. The lowest BCUT2D eigenvalue weighted by Gasteiger charge is -2.38. The Morgan fingerprint density at radius 2 is 1.77 bits per heavy atom. The highest BCUT2D eigenvalue weighted by atomic mass is 16.3. The lowest BCUT2D eigenvalue weighted by molar-refractivity contribution is 0.298. The molecule has 2 aliphatic heterocycles. The lowest BCUT2D eigenvalue weighted by atomic mass is 9.91. The Hall–Kier alpha value is -3.52. The van der Waals surface area contributed by atoms with Crippen molar-refractivity contribution in [1.29, 1.82) is 0 Å². The maximum Gasteiger partial charge on any atom is 0.123 e. The van der Waals surface area contributed by atoms with Crippen LogP contribution < -0.4 is 0 Å². The summed E-state index contributed by atoms with van der Waals surface area (Å²) in [5, 5.41) is 11.1. The molecule has 0 spiro atoms. The van der Waals surface area contributed by atoms with Crippen molar-refractivity contribution in [2.24, 2.45) is 0 Å². The molecule has 1 aromatic rings. The van der Waals surface area contributed by atoms with Crippen molar-refractivity contribution in [3.05, 3.63) is 135 Å². The second-order valence-electron chi connectivity index (χ2n) is 11.0. The first-order chi connectivity index (χ1) is 19.1. The van der Waals surface area contributed by atoms with Gasteiger partial charge in [-0.1, -0.05) is 98.4 Å². The average Bonchev–Trinajstić information content (AvgIpc) is 3.33. The first-order valence-electron chi connectivity index (χ1n) is 15.0. The Morgan fingerprint density at radius 3 is 2.56 bits per heavy atom. The van der Waals surface area contributed by atoms with Gasteiger partial charge in [-0.25, -0.2) is 0 Å². The molecule has 0 bridgehead atoms. The average molecular weight is 518 g/mol. The van der Waals surface area contributed by atoms with Gasteiger partial charge < -0.3 is 10.0 Å².